The zero-order chi connectivity index (χ0) is 14.9. The zero-order valence-corrected chi connectivity index (χ0v) is 13.0. The van der Waals surface area contributed by atoms with Crippen molar-refractivity contribution in [3.8, 4) is 0 Å². The van der Waals surface area contributed by atoms with Crippen LogP contribution >= 0.6 is 12.6 Å². The average Bonchev–Trinajstić information content (AvgIpc) is 3.00. The first-order chi connectivity index (χ1) is 10.3. The number of ketones is 1. The summed E-state index contributed by atoms with van der Waals surface area (Å²) in [5.74, 6) is 1.33. The van der Waals surface area contributed by atoms with Gasteiger partial charge in [-0.3, -0.25) is 4.79 Å². The van der Waals surface area contributed by atoms with Crippen molar-refractivity contribution in [1.82, 2.24) is 4.98 Å². The van der Waals surface area contributed by atoms with E-state index in [9.17, 15) is 4.79 Å². The Kier molecular flexibility index (Phi) is 6.54. The van der Waals surface area contributed by atoms with Gasteiger partial charge in [0.2, 0.25) is 5.78 Å². The summed E-state index contributed by atoms with van der Waals surface area (Å²) >= 11 is 4.09. The van der Waals surface area contributed by atoms with Crippen LogP contribution in [0.3, 0.4) is 0 Å². The van der Waals surface area contributed by atoms with Crippen LogP contribution in [0.15, 0.2) is 40.9 Å². The lowest BCUT2D eigenvalue weighted by atomic mass is 10.0. The van der Waals surface area contributed by atoms with Crippen LogP contribution in [-0.2, 0) is 12.2 Å². The molecular formula is C17H21NO2S. The highest BCUT2D eigenvalue weighted by Gasteiger charge is 2.12. The first kappa shape index (κ1) is 15.8. The molecule has 112 valence electrons. The van der Waals surface area contributed by atoms with Crippen molar-refractivity contribution in [3.63, 3.8) is 0 Å². The first-order valence-corrected chi connectivity index (χ1v) is 8.05. The molecule has 21 heavy (non-hydrogen) atoms. The molecule has 2 rings (SSSR count). The Bertz CT molecular complexity index is 551. The van der Waals surface area contributed by atoms with Crippen LogP contribution < -0.4 is 0 Å². The molecular weight excluding hydrogens is 282 g/mol. The van der Waals surface area contributed by atoms with Crippen LogP contribution in [0.1, 0.15) is 54.1 Å². The minimum absolute atomic E-state index is 0.00825. The number of carbonyl (C=O) groups is 1. The molecule has 0 atom stereocenters. The SMILES string of the molecule is O=C(CCCCCCc1ccccc1)c1ncc(CS)o1. The van der Waals surface area contributed by atoms with Crippen LogP contribution in [-0.4, -0.2) is 10.8 Å². The van der Waals surface area contributed by atoms with E-state index in [4.69, 9.17) is 4.42 Å². The molecule has 0 spiro atoms. The molecule has 1 aromatic carbocycles. The summed E-state index contributed by atoms with van der Waals surface area (Å²) in [6.07, 6.45) is 7.47. The number of benzene rings is 1. The molecule has 0 aliphatic heterocycles. The summed E-state index contributed by atoms with van der Waals surface area (Å²) in [6, 6.07) is 10.5. The summed E-state index contributed by atoms with van der Waals surface area (Å²) in [5.41, 5.74) is 1.38. The number of unbranched alkanes of at least 4 members (excludes halogenated alkanes) is 3. The highest BCUT2D eigenvalue weighted by Crippen LogP contribution is 2.12. The second kappa shape index (κ2) is 8.67. The molecule has 1 aromatic heterocycles. The molecule has 0 saturated heterocycles. The fraction of sp³-hybridized carbons (Fsp3) is 0.412. The highest BCUT2D eigenvalue weighted by atomic mass is 32.1. The molecule has 0 amide bonds. The zero-order valence-electron chi connectivity index (χ0n) is 12.1. The third kappa shape index (κ3) is 5.38. The van der Waals surface area contributed by atoms with Gasteiger partial charge in [-0.2, -0.15) is 12.6 Å². The molecule has 0 N–H and O–H groups in total. The van der Waals surface area contributed by atoms with Crippen molar-refractivity contribution in [2.75, 3.05) is 0 Å². The number of oxazole rings is 1. The molecule has 4 heteroatoms. The Balaban J connectivity index is 1.58. The lowest BCUT2D eigenvalue weighted by Crippen LogP contribution is -1.99. The fourth-order valence-electron chi connectivity index (χ4n) is 2.23. The molecule has 0 unspecified atom stereocenters. The van der Waals surface area contributed by atoms with Gasteiger partial charge in [0.1, 0.15) is 5.76 Å². The number of nitrogens with zero attached hydrogens (tertiary/aromatic N) is 1. The molecule has 0 saturated carbocycles. The Morgan fingerprint density at radius 2 is 1.86 bits per heavy atom. The molecule has 3 nitrogen and oxygen atoms in total. The third-order valence-electron chi connectivity index (χ3n) is 3.41. The minimum Gasteiger partial charge on any atom is -0.438 e. The van der Waals surface area contributed by atoms with Crippen molar-refractivity contribution in [2.24, 2.45) is 0 Å². The first-order valence-electron chi connectivity index (χ1n) is 7.42. The number of rotatable bonds is 9. The summed E-state index contributed by atoms with van der Waals surface area (Å²) in [4.78, 5) is 15.8. The number of aromatic nitrogens is 1. The Morgan fingerprint density at radius 3 is 2.57 bits per heavy atom. The van der Waals surface area contributed by atoms with Gasteiger partial charge in [0, 0.05) is 6.42 Å². The van der Waals surface area contributed by atoms with E-state index in [1.807, 2.05) is 6.07 Å². The fourth-order valence-corrected chi connectivity index (χ4v) is 2.38. The van der Waals surface area contributed by atoms with E-state index in [1.54, 1.807) is 6.20 Å². The number of carbonyl (C=O) groups excluding carboxylic acids is 1. The lowest BCUT2D eigenvalue weighted by Gasteiger charge is -2.01. The van der Waals surface area contributed by atoms with E-state index in [1.165, 1.54) is 12.0 Å². The summed E-state index contributed by atoms with van der Waals surface area (Å²) in [7, 11) is 0. The standard InChI is InChI=1S/C17H21NO2S/c19-16(17-18-12-15(13-21)20-17)11-7-2-1-4-8-14-9-5-3-6-10-14/h3,5-6,9-10,12,21H,1-2,4,7-8,11,13H2. The largest absolute Gasteiger partial charge is 0.438 e. The third-order valence-corrected chi connectivity index (χ3v) is 3.72. The Hall–Kier alpha value is -1.55. The van der Waals surface area contributed by atoms with Gasteiger partial charge < -0.3 is 4.42 Å². The normalized spacial score (nSPS) is 10.7. The quantitative estimate of drug-likeness (QED) is 0.422. The molecule has 0 bridgehead atoms. The average molecular weight is 303 g/mol. The van der Waals surface area contributed by atoms with Crippen molar-refractivity contribution in [1.29, 1.82) is 0 Å². The van der Waals surface area contributed by atoms with E-state index in [0.717, 1.165) is 25.7 Å². The van der Waals surface area contributed by atoms with Crippen LogP contribution in [0.2, 0.25) is 0 Å². The Labute approximate surface area is 131 Å². The molecule has 2 aromatic rings. The monoisotopic (exact) mass is 303 g/mol. The van der Waals surface area contributed by atoms with Gasteiger partial charge in [0.05, 0.1) is 11.9 Å². The van der Waals surface area contributed by atoms with Crippen LogP contribution in [0.25, 0.3) is 0 Å². The smallest absolute Gasteiger partial charge is 0.263 e. The van der Waals surface area contributed by atoms with Gasteiger partial charge in [0.25, 0.3) is 5.89 Å². The molecule has 1 heterocycles. The number of hydrogen-bond donors (Lipinski definition) is 1. The topological polar surface area (TPSA) is 43.1 Å². The maximum Gasteiger partial charge on any atom is 0.263 e. The maximum atomic E-state index is 11.8. The number of Topliss-reactive ketones (excluding diaryl/α,β-unsaturated/α-hetero) is 1. The Morgan fingerprint density at radius 1 is 1.10 bits per heavy atom. The van der Waals surface area contributed by atoms with E-state index in [-0.39, 0.29) is 11.7 Å². The van der Waals surface area contributed by atoms with E-state index >= 15 is 0 Å². The van der Waals surface area contributed by atoms with Crippen molar-refractivity contribution in [3.05, 3.63) is 53.7 Å². The molecule has 0 fully saturated rings. The van der Waals surface area contributed by atoms with E-state index in [2.05, 4.69) is 41.9 Å². The maximum absolute atomic E-state index is 11.8. The van der Waals surface area contributed by atoms with Gasteiger partial charge in [0.15, 0.2) is 0 Å². The molecule has 0 aliphatic rings. The summed E-state index contributed by atoms with van der Waals surface area (Å²) in [6.45, 7) is 0. The number of aryl methyl sites for hydroxylation is 1. The van der Waals surface area contributed by atoms with E-state index < -0.39 is 0 Å². The number of thiol groups is 1. The van der Waals surface area contributed by atoms with Gasteiger partial charge in [-0.1, -0.05) is 43.2 Å². The van der Waals surface area contributed by atoms with Crippen molar-refractivity contribution in [2.45, 2.75) is 44.3 Å². The van der Waals surface area contributed by atoms with Crippen LogP contribution in [0.5, 0.6) is 0 Å². The van der Waals surface area contributed by atoms with Gasteiger partial charge in [-0.05, 0) is 24.8 Å². The molecule has 0 radical (unpaired) electrons. The van der Waals surface area contributed by atoms with Crippen molar-refractivity contribution < 1.29 is 9.21 Å². The van der Waals surface area contributed by atoms with E-state index in [0.29, 0.717) is 17.9 Å². The second-order valence-corrected chi connectivity index (χ2v) is 5.43. The summed E-state index contributed by atoms with van der Waals surface area (Å²) < 4.78 is 5.29. The van der Waals surface area contributed by atoms with Gasteiger partial charge in [-0.15, -0.1) is 0 Å². The lowest BCUT2D eigenvalue weighted by molar-refractivity contribution is 0.0944. The minimum atomic E-state index is -0.00825. The summed E-state index contributed by atoms with van der Waals surface area (Å²) in [5, 5.41) is 0. The predicted molar refractivity (Wildman–Crippen MR) is 86.8 cm³/mol. The molecule has 0 aliphatic carbocycles. The van der Waals surface area contributed by atoms with Gasteiger partial charge in [-0.25, -0.2) is 4.98 Å². The predicted octanol–water partition coefficient (Wildman–Crippen LogP) is 4.48. The second-order valence-electron chi connectivity index (χ2n) is 5.11. The van der Waals surface area contributed by atoms with Crippen molar-refractivity contribution >= 4 is 18.4 Å². The highest BCUT2D eigenvalue weighted by molar-refractivity contribution is 7.79. The van der Waals surface area contributed by atoms with Crippen LogP contribution in [0, 0.1) is 0 Å². The van der Waals surface area contributed by atoms with Gasteiger partial charge >= 0.3 is 0 Å². The number of hydrogen-bond acceptors (Lipinski definition) is 4. The van der Waals surface area contributed by atoms with Crippen LogP contribution in [0.4, 0.5) is 0 Å².